The summed E-state index contributed by atoms with van der Waals surface area (Å²) < 4.78 is 6.11. The normalized spacial score (nSPS) is 18.4. The lowest BCUT2D eigenvalue weighted by Gasteiger charge is -2.33. The van der Waals surface area contributed by atoms with Gasteiger partial charge in [0.15, 0.2) is 6.61 Å². The second kappa shape index (κ2) is 6.44. The van der Waals surface area contributed by atoms with Gasteiger partial charge in [0.05, 0.1) is 21.3 Å². The molecule has 0 aliphatic carbocycles. The Morgan fingerprint density at radius 2 is 2.27 bits per heavy atom. The van der Waals surface area contributed by atoms with Crippen molar-refractivity contribution in [2.24, 2.45) is 0 Å². The monoisotopic (exact) mass is 318 g/mol. The molecule has 1 aromatic heterocycles. The van der Waals surface area contributed by atoms with Crippen molar-refractivity contribution in [3.8, 4) is 0 Å². The maximum Gasteiger partial charge on any atom is 0.338 e. The molecule has 116 valence electrons. The van der Waals surface area contributed by atoms with Crippen LogP contribution in [0.15, 0.2) is 23.7 Å². The topological polar surface area (TPSA) is 59.5 Å². The molecule has 5 nitrogen and oxygen atoms in total. The highest BCUT2D eigenvalue weighted by molar-refractivity contribution is 7.16. The summed E-state index contributed by atoms with van der Waals surface area (Å²) in [5, 5.41) is 0. The van der Waals surface area contributed by atoms with Gasteiger partial charge in [-0.15, -0.1) is 11.3 Å². The number of hydrogen-bond acceptors (Lipinski definition) is 5. The van der Waals surface area contributed by atoms with Crippen LogP contribution in [0, 0.1) is 0 Å². The number of nitrogens with zero attached hydrogens (tertiary/aromatic N) is 2. The first-order valence-corrected chi connectivity index (χ1v) is 8.33. The fourth-order valence-corrected chi connectivity index (χ4v) is 3.46. The van der Waals surface area contributed by atoms with E-state index >= 15 is 0 Å². The van der Waals surface area contributed by atoms with Crippen LogP contribution in [0.3, 0.4) is 0 Å². The number of thiazole rings is 1. The van der Waals surface area contributed by atoms with Crippen molar-refractivity contribution in [3.05, 3.63) is 29.3 Å². The van der Waals surface area contributed by atoms with E-state index in [1.807, 2.05) is 11.8 Å². The van der Waals surface area contributed by atoms with Crippen molar-refractivity contribution < 1.29 is 14.3 Å². The molecular weight excluding hydrogens is 300 g/mol. The van der Waals surface area contributed by atoms with Gasteiger partial charge in [0, 0.05) is 12.6 Å². The van der Waals surface area contributed by atoms with Crippen LogP contribution in [0.5, 0.6) is 0 Å². The first-order chi connectivity index (χ1) is 10.6. The van der Waals surface area contributed by atoms with E-state index in [2.05, 4.69) is 4.98 Å². The van der Waals surface area contributed by atoms with Gasteiger partial charge in [0.25, 0.3) is 5.91 Å². The van der Waals surface area contributed by atoms with Crippen molar-refractivity contribution in [1.29, 1.82) is 0 Å². The molecule has 1 amide bonds. The first-order valence-electron chi connectivity index (χ1n) is 7.45. The number of esters is 1. The third-order valence-electron chi connectivity index (χ3n) is 4.02. The van der Waals surface area contributed by atoms with Crippen molar-refractivity contribution in [2.75, 3.05) is 13.2 Å². The Kier molecular flexibility index (Phi) is 4.38. The first kappa shape index (κ1) is 15.0. The molecule has 1 aromatic carbocycles. The number of fused-ring (bicyclic) bond motifs is 1. The van der Waals surface area contributed by atoms with Gasteiger partial charge < -0.3 is 9.64 Å². The zero-order chi connectivity index (χ0) is 15.5. The zero-order valence-corrected chi connectivity index (χ0v) is 13.3. The molecule has 3 rings (SSSR count). The molecule has 1 saturated heterocycles. The third-order valence-corrected chi connectivity index (χ3v) is 4.81. The molecule has 0 saturated carbocycles. The Bertz CT molecular complexity index is 698. The predicted molar refractivity (Wildman–Crippen MR) is 84.9 cm³/mol. The van der Waals surface area contributed by atoms with Gasteiger partial charge in [-0.2, -0.15) is 0 Å². The van der Waals surface area contributed by atoms with Crippen LogP contribution in [0.4, 0.5) is 0 Å². The standard InChI is InChI=1S/C16H18N2O3S/c1-11-4-2-3-7-18(11)15(19)9-21-16(20)12-5-6-13-14(8-12)22-10-17-13/h5-6,8,10-11H,2-4,7,9H2,1H3/t11-/m1/s1. The lowest BCUT2D eigenvalue weighted by Crippen LogP contribution is -2.44. The largest absolute Gasteiger partial charge is 0.452 e. The molecule has 1 aliphatic rings. The van der Waals surface area contributed by atoms with Crippen LogP contribution in [0.1, 0.15) is 36.5 Å². The van der Waals surface area contributed by atoms with Crippen LogP contribution in [-0.2, 0) is 9.53 Å². The highest BCUT2D eigenvalue weighted by Gasteiger charge is 2.24. The Balaban J connectivity index is 1.60. The minimum absolute atomic E-state index is 0.112. The molecule has 1 atom stereocenters. The van der Waals surface area contributed by atoms with Crippen LogP contribution in [0.25, 0.3) is 10.2 Å². The van der Waals surface area contributed by atoms with Gasteiger partial charge in [-0.1, -0.05) is 0 Å². The second-order valence-electron chi connectivity index (χ2n) is 5.54. The second-order valence-corrected chi connectivity index (χ2v) is 6.43. The molecule has 2 heterocycles. The highest BCUT2D eigenvalue weighted by atomic mass is 32.1. The number of benzene rings is 1. The molecule has 22 heavy (non-hydrogen) atoms. The highest BCUT2D eigenvalue weighted by Crippen LogP contribution is 2.20. The summed E-state index contributed by atoms with van der Waals surface area (Å²) in [7, 11) is 0. The van der Waals surface area contributed by atoms with E-state index in [1.54, 1.807) is 23.7 Å². The number of carbonyl (C=O) groups excluding carboxylic acids is 2. The van der Waals surface area contributed by atoms with Gasteiger partial charge in [0.2, 0.25) is 0 Å². The van der Waals surface area contributed by atoms with Crippen LogP contribution in [0.2, 0.25) is 0 Å². The Morgan fingerprint density at radius 1 is 1.41 bits per heavy atom. The number of aromatic nitrogens is 1. The summed E-state index contributed by atoms with van der Waals surface area (Å²) in [4.78, 5) is 30.2. The van der Waals surface area contributed by atoms with Crippen LogP contribution in [-0.4, -0.2) is 41.0 Å². The number of hydrogen-bond donors (Lipinski definition) is 0. The van der Waals surface area contributed by atoms with Crippen molar-refractivity contribution >= 4 is 33.4 Å². The smallest absolute Gasteiger partial charge is 0.338 e. The number of likely N-dealkylation sites (tertiary alicyclic amines) is 1. The zero-order valence-electron chi connectivity index (χ0n) is 12.4. The number of amides is 1. The summed E-state index contributed by atoms with van der Waals surface area (Å²) >= 11 is 1.47. The number of ether oxygens (including phenoxy) is 1. The average molecular weight is 318 g/mol. The summed E-state index contributed by atoms with van der Waals surface area (Å²) in [6.07, 6.45) is 3.19. The van der Waals surface area contributed by atoms with E-state index in [0.29, 0.717) is 5.56 Å². The number of piperidine rings is 1. The Morgan fingerprint density at radius 3 is 3.09 bits per heavy atom. The molecule has 1 fully saturated rings. The summed E-state index contributed by atoms with van der Waals surface area (Å²) in [6, 6.07) is 5.45. The average Bonchev–Trinajstić information content (AvgIpc) is 3.00. The molecule has 1 aliphatic heterocycles. The number of rotatable bonds is 3. The van der Waals surface area contributed by atoms with Gasteiger partial charge >= 0.3 is 5.97 Å². The molecule has 6 heteroatoms. The van der Waals surface area contributed by atoms with Crippen molar-refractivity contribution in [3.63, 3.8) is 0 Å². The van der Waals surface area contributed by atoms with E-state index in [-0.39, 0.29) is 18.6 Å². The lowest BCUT2D eigenvalue weighted by atomic mass is 10.0. The Labute approximate surface area is 132 Å². The van der Waals surface area contributed by atoms with Gasteiger partial charge in [-0.05, 0) is 44.4 Å². The summed E-state index contributed by atoms with van der Waals surface area (Å²) in [5.41, 5.74) is 3.05. The fraction of sp³-hybridized carbons (Fsp3) is 0.438. The minimum Gasteiger partial charge on any atom is -0.452 e. The molecule has 2 aromatic rings. The maximum atomic E-state index is 12.2. The van der Waals surface area contributed by atoms with E-state index in [0.717, 1.165) is 36.0 Å². The lowest BCUT2D eigenvalue weighted by molar-refractivity contribution is -0.137. The molecular formula is C16H18N2O3S. The number of carbonyl (C=O) groups is 2. The predicted octanol–water partition coefficient (Wildman–Crippen LogP) is 2.85. The minimum atomic E-state index is -0.465. The maximum absolute atomic E-state index is 12.2. The van der Waals surface area contributed by atoms with Crippen LogP contribution < -0.4 is 0 Å². The van der Waals surface area contributed by atoms with E-state index in [4.69, 9.17) is 4.74 Å². The SMILES string of the molecule is C[C@@H]1CCCCN1C(=O)COC(=O)c1ccc2ncsc2c1. The third kappa shape index (κ3) is 3.11. The quantitative estimate of drug-likeness (QED) is 0.817. The van der Waals surface area contributed by atoms with E-state index < -0.39 is 5.97 Å². The van der Waals surface area contributed by atoms with Crippen LogP contribution >= 0.6 is 11.3 Å². The summed E-state index contributed by atoms with van der Waals surface area (Å²) in [5.74, 6) is -0.576. The Hall–Kier alpha value is -1.95. The molecule has 0 radical (unpaired) electrons. The fourth-order valence-electron chi connectivity index (χ4n) is 2.74. The van der Waals surface area contributed by atoms with Gasteiger partial charge in [0.1, 0.15) is 0 Å². The van der Waals surface area contributed by atoms with Gasteiger partial charge in [-0.3, -0.25) is 4.79 Å². The molecule has 0 bridgehead atoms. The molecule has 0 N–H and O–H groups in total. The van der Waals surface area contributed by atoms with E-state index in [9.17, 15) is 9.59 Å². The van der Waals surface area contributed by atoms with Crippen molar-refractivity contribution in [1.82, 2.24) is 9.88 Å². The molecule has 0 unspecified atom stereocenters. The van der Waals surface area contributed by atoms with E-state index in [1.165, 1.54) is 11.3 Å². The van der Waals surface area contributed by atoms with Gasteiger partial charge in [-0.25, -0.2) is 9.78 Å². The molecule has 0 spiro atoms. The summed E-state index contributed by atoms with van der Waals surface area (Å²) in [6.45, 7) is 2.60. The van der Waals surface area contributed by atoms with Crippen molar-refractivity contribution in [2.45, 2.75) is 32.2 Å².